The van der Waals surface area contributed by atoms with Crippen LogP contribution < -0.4 is 0 Å². The van der Waals surface area contributed by atoms with Crippen LogP contribution in [0.4, 0.5) is 0 Å². The van der Waals surface area contributed by atoms with Crippen LogP contribution in [-0.4, -0.2) is 25.4 Å². The lowest BCUT2D eigenvalue weighted by molar-refractivity contribution is 0.208. The molecule has 2 rings (SSSR count). The molecule has 0 radical (unpaired) electrons. The van der Waals surface area contributed by atoms with Gasteiger partial charge in [0.2, 0.25) is 0 Å². The summed E-state index contributed by atoms with van der Waals surface area (Å²) in [5.74, 6) is 0. The summed E-state index contributed by atoms with van der Waals surface area (Å²) in [6.45, 7) is 10.7. The summed E-state index contributed by atoms with van der Waals surface area (Å²) in [7, 11) is 0. The van der Waals surface area contributed by atoms with Crippen molar-refractivity contribution in [2.24, 2.45) is 0 Å². The first kappa shape index (κ1) is 14.5. The number of epoxide rings is 1. The Morgan fingerprint density at radius 2 is 2.18 bits per heavy atom. The van der Waals surface area contributed by atoms with Gasteiger partial charge in [0.1, 0.15) is 5.60 Å². The fourth-order valence-corrected chi connectivity index (χ4v) is 1.79. The minimum Gasteiger partial charge on any atom is -0.373 e. The average Bonchev–Trinajstić information content (AvgIpc) is 2.98. The van der Waals surface area contributed by atoms with Gasteiger partial charge in [-0.2, -0.15) is 0 Å². The van der Waals surface area contributed by atoms with Gasteiger partial charge in [-0.05, 0) is 18.9 Å². The first-order chi connectivity index (χ1) is 8.22. The molecule has 2 heteroatoms. The number of hydrogen-bond donors (Lipinski definition) is 0. The van der Waals surface area contributed by atoms with Crippen molar-refractivity contribution in [2.45, 2.75) is 51.6 Å². The van der Waals surface area contributed by atoms with Gasteiger partial charge in [-0.3, -0.25) is 0 Å². The third-order valence-corrected chi connectivity index (χ3v) is 3.22. The standard InChI is InChI=1S/C10H18O.C5H8O/c1-3-5-6-7-8-10(4-2)9-11-10;1-5-2-3-6-4-5/h4H,2-3,5-9H2,1H3;2H,3-4H2,1H3. The Morgan fingerprint density at radius 1 is 1.41 bits per heavy atom. The molecule has 0 aromatic carbocycles. The second-order valence-corrected chi connectivity index (χ2v) is 4.93. The van der Waals surface area contributed by atoms with Crippen LogP contribution in [-0.2, 0) is 9.47 Å². The lowest BCUT2D eigenvalue weighted by atomic mass is 10.0. The van der Waals surface area contributed by atoms with Crippen LogP contribution in [0.3, 0.4) is 0 Å². The van der Waals surface area contributed by atoms with Gasteiger partial charge in [-0.1, -0.05) is 44.8 Å². The van der Waals surface area contributed by atoms with Crippen molar-refractivity contribution < 1.29 is 9.47 Å². The van der Waals surface area contributed by atoms with Crippen molar-refractivity contribution in [1.82, 2.24) is 0 Å². The predicted molar refractivity (Wildman–Crippen MR) is 72.2 cm³/mol. The van der Waals surface area contributed by atoms with E-state index in [1.165, 1.54) is 37.7 Å². The molecule has 0 aromatic heterocycles. The molecule has 0 saturated carbocycles. The third kappa shape index (κ3) is 6.04. The quantitative estimate of drug-likeness (QED) is 0.398. The van der Waals surface area contributed by atoms with E-state index < -0.39 is 0 Å². The first-order valence-corrected chi connectivity index (χ1v) is 6.73. The molecule has 1 unspecified atom stereocenters. The van der Waals surface area contributed by atoms with Gasteiger partial charge in [0.05, 0.1) is 19.8 Å². The van der Waals surface area contributed by atoms with Crippen molar-refractivity contribution in [3.05, 3.63) is 24.3 Å². The van der Waals surface area contributed by atoms with Gasteiger partial charge < -0.3 is 9.47 Å². The molecule has 0 amide bonds. The van der Waals surface area contributed by atoms with Crippen molar-refractivity contribution in [2.75, 3.05) is 19.8 Å². The van der Waals surface area contributed by atoms with E-state index >= 15 is 0 Å². The van der Waals surface area contributed by atoms with Crippen molar-refractivity contribution in [3.63, 3.8) is 0 Å². The molecular weight excluding hydrogens is 212 g/mol. The normalized spacial score (nSPS) is 25.9. The number of hydrogen-bond acceptors (Lipinski definition) is 2. The molecule has 0 spiro atoms. The number of ether oxygens (including phenoxy) is 2. The molecule has 0 N–H and O–H groups in total. The van der Waals surface area contributed by atoms with Crippen molar-refractivity contribution in [1.29, 1.82) is 0 Å². The molecular formula is C15H26O2. The molecule has 0 bridgehead atoms. The van der Waals surface area contributed by atoms with E-state index in [-0.39, 0.29) is 5.60 Å². The lowest BCUT2D eigenvalue weighted by Crippen LogP contribution is -2.05. The molecule has 98 valence electrons. The van der Waals surface area contributed by atoms with E-state index in [9.17, 15) is 0 Å². The zero-order valence-electron chi connectivity index (χ0n) is 11.3. The van der Waals surface area contributed by atoms with Crippen LogP contribution >= 0.6 is 0 Å². The smallest absolute Gasteiger partial charge is 0.109 e. The maximum atomic E-state index is 5.31. The van der Waals surface area contributed by atoms with Gasteiger partial charge in [0, 0.05) is 0 Å². The van der Waals surface area contributed by atoms with Gasteiger partial charge in [-0.25, -0.2) is 0 Å². The molecule has 1 atom stereocenters. The Labute approximate surface area is 106 Å². The minimum atomic E-state index is 0.105. The highest BCUT2D eigenvalue weighted by atomic mass is 16.6. The molecule has 2 aliphatic rings. The fourth-order valence-electron chi connectivity index (χ4n) is 1.79. The summed E-state index contributed by atoms with van der Waals surface area (Å²) in [6, 6.07) is 0. The Morgan fingerprint density at radius 3 is 2.53 bits per heavy atom. The van der Waals surface area contributed by atoms with E-state index in [4.69, 9.17) is 9.47 Å². The molecule has 0 aromatic rings. The van der Waals surface area contributed by atoms with Crippen LogP contribution in [0, 0.1) is 0 Å². The van der Waals surface area contributed by atoms with Gasteiger partial charge >= 0.3 is 0 Å². The highest BCUT2D eigenvalue weighted by Gasteiger charge is 2.40. The SMILES string of the molecule is C=CC1(CCCCCC)CO1.CC1=CCOC1. The molecule has 2 heterocycles. The molecule has 1 fully saturated rings. The second-order valence-electron chi connectivity index (χ2n) is 4.93. The summed E-state index contributed by atoms with van der Waals surface area (Å²) >= 11 is 0. The Kier molecular flexibility index (Phi) is 6.53. The monoisotopic (exact) mass is 238 g/mol. The number of rotatable bonds is 6. The summed E-state index contributed by atoms with van der Waals surface area (Å²) in [6.07, 6.45) is 10.5. The molecule has 2 nitrogen and oxygen atoms in total. The van der Waals surface area contributed by atoms with Gasteiger partial charge in [-0.15, -0.1) is 6.58 Å². The van der Waals surface area contributed by atoms with E-state index in [1.54, 1.807) is 0 Å². The van der Waals surface area contributed by atoms with E-state index in [1.807, 2.05) is 6.08 Å². The Bertz CT molecular complexity index is 252. The highest BCUT2D eigenvalue weighted by Crippen LogP contribution is 2.33. The Balaban J connectivity index is 0.000000202. The Hall–Kier alpha value is -0.600. The summed E-state index contributed by atoms with van der Waals surface area (Å²) in [5, 5.41) is 0. The van der Waals surface area contributed by atoms with Crippen LogP contribution in [0.25, 0.3) is 0 Å². The summed E-state index contributed by atoms with van der Waals surface area (Å²) in [5.41, 5.74) is 1.46. The second kappa shape index (κ2) is 7.67. The van der Waals surface area contributed by atoms with Crippen LogP contribution in [0.5, 0.6) is 0 Å². The highest BCUT2D eigenvalue weighted by molar-refractivity contribution is 5.06. The lowest BCUT2D eigenvalue weighted by Gasteiger charge is -2.04. The van der Waals surface area contributed by atoms with Gasteiger partial charge in [0.15, 0.2) is 0 Å². The minimum absolute atomic E-state index is 0.105. The average molecular weight is 238 g/mol. The van der Waals surface area contributed by atoms with Crippen molar-refractivity contribution >= 4 is 0 Å². The predicted octanol–water partition coefficient (Wildman–Crippen LogP) is 3.87. The summed E-state index contributed by atoms with van der Waals surface area (Å²) in [4.78, 5) is 0. The van der Waals surface area contributed by atoms with Gasteiger partial charge in [0.25, 0.3) is 0 Å². The maximum absolute atomic E-state index is 5.31. The maximum Gasteiger partial charge on any atom is 0.109 e. The fraction of sp³-hybridized carbons (Fsp3) is 0.733. The summed E-state index contributed by atoms with van der Waals surface area (Å²) < 4.78 is 10.3. The third-order valence-electron chi connectivity index (χ3n) is 3.22. The zero-order chi connectivity index (χ0) is 12.6. The first-order valence-electron chi connectivity index (χ1n) is 6.73. The molecule has 17 heavy (non-hydrogen) atoms. The van der Waals surface area contributed by atoms with E-state index in [0.717, 1.165) is 19.8 Å². The van der Waals surface area contributed by atoms with E-state index in [0.29, 0.717) is 0 Å². The largest absolute Gasteiger partial charge is 0.373 e. The van der Waals surface area contributed by atoms with Crippen LogP contribution in [0.15, 0.2) is 24.3 Å². The van der Waals surface area contributed by atoms with E-state index in [2.05, 4.69) is 26.5 Å². The molecule has 0 aliphatic carbocycles. The molecule has 1 saturated heterocycles. The zero-order valence-corrected chi connectivity index (χ0v) is 11.3. The number of unbranched alkanes of at least 4 members (excludes halogenated alkanes) is 3. The topological polar surface area (TPSA) is 21.8 Å². The van der Waals surface area contributed by atoms with Crippen LogP contribution in [0.1, 0.15) is 46.0 Å². The van der Waals surface area contributed by atoms with Crippen molar-refractivity contribution in [3.8, 4) is 0 Å². The molecule has 2 aliphatic heterocycles. The van der Waals surface area contributed by atoms with Crippen LogP contribution in [0.2, 0.25) is 0 Å².